The lowest BCUT2D eigenvalue weighted by Gasteiger charge is -2.18. The van der Waals surface area contributed by atoms with E-state index >= 15 is 0 Å². The van der Waals surface area contributed by atoms with Crippen LogP contribution in [0.5, 0.6) is 0 Å². The number of hydrogen-bond donors (Lipinski definition) is 0. The van der Waals surface area contributed by atoms with Crippen LogP contribution in [0, 0.1) is 0 Å². The summed E-state index contributed by atoms with van der Waals surface area (Å²) in [4.78, 5) is 20.2. The maximum Gasteiger partial charge on any atom is 0.331 e. The smallest absolute Gasteiger partial charge is 0.331 e. The van der Waals surface area contributed by atoms with Gasteiger partial charge < -0.3 is 4.74 Å². The van der Waals surface area contributed by atoms with Gasteiger partial charge in [0.05, 0.1) is 12.3 Å². The van der Waals surface area contributed by atoms with Crippen LogP contribution in [0.2, 0.25) is 0 Å². The Hall–Kier alpha value is -3.24. The van der Waals surface area contributed by atoms with Crippen LogP contribution in [0.25, 0.3) is 0 Å². The highest BCUT2D eigenvalue weighted by Gasteiger charge is 2.21. The topological polar surface area (TPSA) is 41.9 Å². The summed E-state index contributed by atoms with van der Waals surface area (Å²) in [5, 5.41) is 0. The van der Waals surface area contributed by atoms with Crippen LogP contribution >= 0.6 is 0 Å². The lowest BCUT2D eigenvalue weighted by molar-refractivity contribution is -0.144. The average molecular weight is 443 g/mol. The molecule has 0 spiro atoms. The molecule has 0 bridgehead atoms. The zero-order valence-corrected chi connectivity index (χ0v) is 19.9. The summed E-state index contributed by atoms with van der Waals surface area (Å²) in [6.07, 6.45) is 0.494. The van der Waals surface area contributed by atoms with E-state index in [1.54, 1.807) is 0 Å². The van der Waals surface area contributed by atoms with Gasteiger partial charge in [-0.1, -0.05) is 98.8 Å². The molecule has 3 aromatic carbocycles. The first-order chi connectivity index (χ1) is 16.1. The number of aliphatic imine (C=N–C) groups is 1. The normalized spacial score (nSPS) is 11.8. The Labute approximate surface area is 197 Å². The van der Waals surface area contributed by atoms with Crippen molar-refractivity contribution in [3.05, 3.63) is 107 Å². The van der Waals surface area contributed by atoms with E-state index < -0.39 is 6.04 Å². The van der Waals surface area contributed by atoms with Crippen molar-refractivity contribution < 1.29 is 9.53 Å². The molecule has 172 valence electrons. The van der Waals surface area contributed by atoms with E-state index in [0.29, 0.717) is 13.0 Å². The van der Waals surface area contributed by atoms with Gasteiger partial charge in [0.1, 0.15) is 0 Å². The minimum Gasteiger partial charge on any atom is -0.464 e. The summed E-state index contributed by atoms with van der Waals surface area (Å²) < 4.78 is 5.40. The minimum atomic E-state index is -0.617. The third-order valence-electron chi connectivity index (χ3n) is 5.69. The minimum absolute atomic E-state index is 0.297. The van der Waals surface area contributed by atoms with Crippen LogP contribution in [-0.2, 0) is 22.5 Å². The van der Waals surface area contributed by atoms with Gasteiger partial charge in [0.25, 0.3) is 0 Å². The average Bonchev–Trinajstić information content (AvgIpc) is 2.87. The van der Waals surface area contributed by atoms with E-state index in [9.17, 15) is 4.79 Å². The zero-order valence-electron chi connectivity index (χ0n) is 19.9. The van der Waals surface area contributed by atoms with Crippen LogP contribution in [0.1, 0.15) is 43.0 Å². The van der Waals surface area contributed by atoms with E-state index in [2.05, 4.69) is 43.0 Å². The monoisotopic (exact) mass is 442 g/mol. The van der Waals surface area contributed by atoms with Gasteiger partial charge in [-0.3, -0.25) is 9.89 Å². The molecule has 33 heavy (non-hydrogen) atoms. The van der Waals surface area contributed by atoms with Crippen LogP contribution in [0.15, 0.2) is 89.9 Å². The summed E-state index contributed by atoms with van der Waals surface area (Å²) in [5.74, 6) is -0.297. The lowest BCUT2D eigenvalue weighted by Crippen LogP contribution is -2.26. The quantitative estimate of drug-likeness (QED) is 0.289. The second-order valence-electron chi connectivity index (χ2n) is 7.96. The highest BCUT2D eigenvalue weighted by molar-refractivity contribution is 6.13. The van der Waals surface area contributed by atoms with Crippen molar-refractivity contribution in [3.63, 3.8) is 0 Å². The Kier molecular flexibility index (Phi) is 9.40. The Bertz CT molecular complexity index is 969. The Balaban J connectivity index is 1.91. The second kappa shape index (κ2) is 12.7. The molecular formula is C29H34N2O2. The first-order valence-corrected chi connectivity index (χ1v) is 11.8. The highest BCUT2D eigenvalue weighted by atomic mass is 16.5. The van der Waals surface area contributed by atoms with E-state index in [0.717, 1.165) is 42.0 Å². The molecule has 0 radical (unpaired) electrons. The molecule has 0 N–H and O–H groups in total. The Morgan fingerprint density at radius 1 is 0.788 bits per heavy atom. The van der Waals surface area contributed by atoms with E-state index in [1.165, 1.54) is 5.56 Å². The van der Waals surface area contributed by atoms with Crippen molar-refractivity contribution in [1.82, 2.24) is 4.90 Å². The number of benzene rings is 3. The number of nitrogens with zero attached hydrogens (tertiary/aromatic N) is 2. The Morgan fingerprint density at radius 3 is 1.79 bits per heavy atom. The summed E-state index contributed by atoms with van der Waals surface area (Å²) in [7, 11) is 0. The van der Waals surface area contributed by atoms with Crippen molar-refractivity contribution in [2.45, 2.75) is 39.8 Å². The number of carbonyl (C=O) groups excluding carboxylic acids is 1. The van der Waals surface area contributed by atoms with Gasteiger partial charge in [-0.15, -0.1) is 0 Å². The molecule has 0 saturated carbocycles. The molecule has 3 rings (SSSR count). The molecule has 0 aliphatic rings. The fraction of sp³-hybridized carbons (Fsp3) is 0.310. The molecule has 4 nitrogen and oxygen atoms in total. The SMILES string of the molecule is CCOC(=O)C(Cc1ccc(CN(CC)CC)cc1)N=C(c1ccccc1)c1ccccc1. The van der Waals surface area contributed by atoms with Gasteiger partial charge in [0.2, 0.25) is 0 Å². The first-order valence-electron chi connectivity index (χ1n) is 11.8. The predicted octanol–water partition coefficient (Wildman–Crippen LogP) is 5.54. The standard InChI is InChI=1S/C29H34N2O2/c1-4-31(5-2)22-24-19-17-23(18-20-24)21-27(29(32)33-6-3)30-28(25-13-9-7-10-14-25)26-15-11-8-12-16-26/h7-20,27H,4-6,21-22H2,1-3H3. The van der Waals surface area contributed by atoms with Gasteiger partial charge in [0.15, 0.2) is 6.04 Å². The molecular weight excluding hydrogens is 408 g/mol. The maximum absolute atomic E-state index is 12.9. The maximum atomic E-state index is 12.9. The van der Waals surface area contributed by atoms with Crippen LogP contribution in [-0.4, -0.2) is 42.3 Å². The number of rotatable bonds is 11. The van der Waals surface area contributed by atoms with E-state index in [1.807, 2.05) is 67.6 Å². The summed E-state index contributed by atoms with van der Waals surface area (Å²) in [6.45, 7) is 9.50. The third kappa shape index (κ3) is 7.13. The summed E-state index contributed by atoms with van der Waals surface area (Å²) in [6, 6.07) is 27.9. The van der Waals surface area contributed by atoms with Crippen LogP contribution < -0.4 is 0 Å². The number of hydrogen-bond acceptors (Lipinski definition) is 4. The van der Waals surface area contributed by atoms with Crippen LogP contribution in [0.3, 0.4) is 0 Å². The molecule has 0 aliphatic heterocycles. The van der Waals surface area contributed by atoms with Crippen molar-refractivity contribution >= 4 is 11.7 Å². The van der Waals surface area contributed by atoms with Gasteiger partial charge in [-0.05, 0) is 31.1 Å². The summed E-state index contributed by atoms with van der Waals surface area (Å²) >= 11 is 0. The Morgan fingerprint density at radius 2 is 1.30 bits per heavy atom. The van der Waals surface area contributed by atoms with Gasteiger partial charge in [-0.2, -0.15) is 0 Å². The highest BCUT2D eigenvalue weighted by Crippen LogP contribution is 2.16. The molecule has 0 aromatic heterocycles. The number of esters is 1. The third-order valence-corrected chi connectivity index (χ3v) is 5.69. The van der Waals surface area contributed by atoms with Gasteiger partial charge >= 0.3 is 5.97 Å². The molecule has 1 atom stereocenters. The van der Waals surface area contributed by atoms with Gasteiger partial charge in [0, 0.05) is 24.1 Å². The predicted molar refractivity (Wildman–Crippen MR) is 136 cm³/mol. The largest absolute Gasteiger partial charge is 0.464 e. The van der Waals surface area contributed by atoms with E-state index in [-0.39, 0.29) is 5.97 Å². The van der Waals surface area contributed by atoms with Crippen molar-refractivity contribution in [3.8, 4) is 0 Å². The lowest BCUT2D eigenvalue weighted by atomic mass is 10.00. The molecule has 0 aliphatic carbocycles. The van der Waals surface area contributed by atoms with Gasteiger partial charge in [-0.25, -0.2) is 4.79 Å². The van der Waals surface area contributed by atoms with E-state index in [4.69, 9.17) is 9.73 Å². The summed E-state index contributed by atoms with van der Waals surface area (Å²) in [5.41, 5.74) is 5.10. The molecule has 0 saturated heterocycles. The zero-order chi connectivity index (χ0) is 23.5. The molecule has 0 fully saturated rings. The fourth-order valence-electron chi connectivity index (χ4n) is 3.79. The number of carbonyl (C=O) groups is 1. The van der Waals surface area contributed by atoms with Crippen LogP contribution in [0.4, 0.5) is 0 Å². The molecule has 1 unspecified atom stereocenters. The van der Waals surface area contributed by atoms with Crippen molar-refractivity contribution in [2.24, 2.45) is 4.99 Å². The molecule has 0 amide bonds. The molecule has 0 heterocycles. The molecule has 3 aromatic rings. The molecule has 4 heteroatoms. The first kappa shape index (κ1) is 24.4. The fourth-order valence-corrected chi connectivity index (χ4v) is 3.79. The van der Waals surface area contributed by atoms with Crippen molar-refractivity contribution in [2.75, 3.05) is 19.7 Å². The second-order valence-corrected chi connectivity index (χ2v) is 7.96. The number of ether oxygens (including phenoxy) is 1. The van der Waals surface area contributed by atoms with Crippen molar-refractivity contribution in [1.29, 1.82) is 0 Å².